The number of aromatic nitrogens is 3. The summed E-state index contributed by atoms with van der Waals surface area (Å²) in [7, 11) is 1.31. The second-order valence-corrected chi connectivity index (χ2v) is 6.53. The molecule has 0 unspecified atom stereocenters. The van der Waals surface area contributed by atoms with E-state index in [0.29, 0.717) is 17.3 Å². The third-order valence-corrected chi connectivity index (χ3v) is 5.03. The predicted octanol–water partition coefficient (Wildman–Crippen LogP) is 3.87. The van der Waals surface area contributed by atoms with Gasteiger partial charge < -0.3 is 9.30 Å². The van der Waals surface area contributed by atoms with Crippen molar-refractivity contribution in [2.24, 2.45) is 0 Å². The van der Waals surface area contributed by atoms with E-state index in [-0.39, 0.29) is 5.69 Å². The summed E-state index contributed by atoms with van der Waals surface area (Å²) >= 11 is 0. The Bertz CT molecular complexity index is 1010. The number of nitriles is 1. The van der Waals surface area contributed by atoms with Crippen molar-refractivity contribution in [3.63, 3.8) is 0 Å². The molecule has 130 valence electrons. The highest BCUT2D eigenvalue weighted by atomic mass is 16.5. The van der Waals surface area contributed by atoms with Gasteiger partial charge in [-0.2, -0.15) is 5.26 Å². The van der Waals surface area contributed by atoms with Crippen molar-refractivity contribution in [3.8, 4) is 17.3 Å². The van der Waals surface area contributed by atoms with Crippen molar-refractivity contribution in [2.45, 2.75) is 31.7 Å². The number of benzene rings is 1. The maximum absolute atomic E-state index is 11.5. The van der Waals surface area contributed by atoms with Crippen molar-refractivity contribution >= 4 is 16.9 Å². The fourth-order valence-electron chi connectivity index (χ4n) is 3.69. The van der Waals surface area contributed by atoms with E-state index in [1.807, 2.05) is 24.4 Å². The molecule has 0 aliphatic heterocycles. The first-order valence-electron chi connectivity index (χ1n) is 8.68. The van der Waals surface area contributed by atoms with E-state index in [4.69, 9.17) is 0 Å². The summed E-state index contributed by atoms with van der Waals surface area (Å²) < 4.78 is 6.89. The van der Waals surface area contributed by atoms with Gasteiger partial charge in [0.1, 0.15) is 6.07 Å². The molecule has 0 spiro atoms. The molecule has 26 heavy (non-hydrogen) atoms. The fraction of sp³-hybridized carbons (Fsp3) is 0.300. The number of fused-ring (bicyclic) bond motifs is 1. The largest absolute Gasteiger partial charge is 0.464 e. The van der Waals surface area contributed by atoms with Gasteiger partial charge >= 0.3 is 5.97 Å². The quantitative estimate of drug-likeness (QED) is 0.672. The molecule has 0 atom stereocenters. The molecule has 1 aromatic carbocycles. The van der Waals surface area contributed by atoms with Crippen LogP contribution in [-0.4, -0.2) is 27.8 Å². The lowest BCUT2D eigenvalue weighted by Crippen LogP contribution is -2.05. The van der Waals surface area contributed by atoms with Gasteiger partial charge in [-0.1, -0.05) is 18.9 Å². The van der Waals surface area contributed by atoms with Crippen molar-refractivity contribution < 1.29 is 9.53 Å². The molecule has 1 fully saturated rings. The van der Waals surface area contributed by atoms with Crippen molar-refractivity contribution in [3.05, 3.63) is 47.8 Å². The molecule has 0 saturated heterocycles. The van der Waals surface area contributed by atoms with Gasteiger partial charge in [-0.25, -0.2) is 4.79 Å². The van der Waals surface area contributed by atoms with E-state index in [9.17, 15) is 10.1 Å². The maximum Gasteiger partial charge on any atom is 0.358 e. The molecular weight excluding hydrogens is 328 g/mol. The minimum Gasteiger partial charge on any atom is -0.464 e. The zero-order valence-corrected chi connectivity index (χ0v) is 14.5. The molecular formula is C20H18N4O2. The summed E-state index contributed by atoms with van der Waals surface area (Å²) in [5.74, 6) is -0.514. The summed E-state index contributed by atoms with van der Waals surface area (Å²) in [5.41, 5.74) is 3.44. The number of carbonyl (C=O) groups is 1. The Balaban J connectivity index is 1.75. The second-order valence-electron chi connectivity index (χ2n) is 6.53. The van der Waals surface area contributed by atoms with E-state index in [1.165, 1.54) is 20.0 Å². The van der Waals surface area contributed by atoms with E-state index in [2.05, 4.69) is 25.6 Å². The summed E-state index contributed by atoms with van der Waals surface area (Å²) in [6.45, 7) is 0. The van der Waals surface area contributed by atoms with Gasteiger partial charge in [-0.3, -0.25) is 0 Å². The van der Waals surface area contributed by atoms with Crippen LogP contribution in [0.2, 0.25) is 0 Å². The highest BCUT2D eigenvalue weighted by Crippen LogP contribution is 2.35. The predicted molar refractivity (Wildman–Crippen MR) is 96.5 cm³/mol. The number of carbonyl (C=O) groups excluding carboxylic acids is 1. The Morgan fingerprint density at radius 1 is 1.23 bits per heavy atom. The van der Waals surface area contributed by atoms with Crippen LogP contribution < -0.4 is 0 Å². The molecule has 1 saturated carbocycles. The highest BCUT2D eigenvalue weighted by molar-refractivity contribution is 5.90. The van der Waals surface area contributed by atoms with Gasteiger partial charge in [-0.05, 0) is 37.1 Å². The molecule has 0 amide bonds. The summed E-state index contributed by atoms with van der Waals surface area (Å²) in [5, 5.41) is 18.5. The van der Waals surface area contributed by atoms with E-state index in [0.717, 1.165) is 29.3 Å². The van der Waals surface area contributed by atoms with Gasteiger partial charge in [0.15, 0.2) is 5.69 Å². The van der Waals surface area contributed by atoms with E-state index in [1.54, 1.807) is 12.1 Å². The third kappa shape index (κ3) is 2.72. The number of ether oxygens (including phenoxy) is 1. The number of hydrogen-bond donors (Lipinski definition) is 0. The Morgan fingerprint density at radius 2 is 2.04 bits per heavy atom. The van der Waals surface area contributed by atoms with E-state index < -0.39 is 5.97 Å². The number of hydrogen-bond acceptors (Lipinski definition) is 5. The van der Waals surface area contributed by atoms with Crippen LogP contribution in [0, 0.1) is 11.3 Å². The van der Waals surface area contributed by atoms with Gasteiger partial charge in [0.05, 0.1) is 18.4 Å². The first-order chi connectivity index (χ1) is 12.7. The SMILES string of the molecule is COC(=O)c1ccc(-c2ccc3c(c2)c(C#N)cn3C2CCCC2)nn1. The lowest BCUT2D eigenvalue weighted by molar-refractivity contribution is 0.0592. The summed E-state index contributed by atoms with van der Waals surface area (Å²) in [6.07, 6.45) is 6.78. The zero-order valence-electron chi connectivity index (χ0n) is 14.5. The van der Waals surface area contributed by atoms with Gasteiger partial charge in [0.25, 0.3) is 0 Å². The number of nitrogens with zero attached hydrogens (tertiary/aromatic N) is 4. The fourth-order valence-corrected chi connectivity index (χ4v) is 3.69. The van der Waals surface area contributed by atoms with Crippen LogP contribution in [0.15, 0.2) is 36.5 Å². The molecule has 0 radical (unpaired) electrons. The molecule has 0 N–H and O–H groups in total. The molecule has 4 rings (SSSR count). The normalized spacial score (nSPS) is 14.5. The maximum atomic E-state index is 11.5. The van der Waals surface area contributed by atoms with Crippen LogP contribution in [-0.2, 0) is 4.74 Å². The van der Waals surface area contributed by atoms with Crippen LogP contribution in [0.4, 0.5) is 0 Å². The van der Waals surface area contributed by atoms with Crippen molar-refractivity contribution in [1.82, 2.24) is 14.8 Å². The Labute approximate surface area is 151 Å². The molecule has 0 bridgehead atoms. The van der Waals surface area contributed by atoms with Gasteiger partial charge in [0.2, 0.25) is 0 Å². The van der Waals surface area contributed by atoms with Crippen molar-refractivity contribution in [2.75, 3.05) is 7.11 Å². The molecule has 1 aliphatic carbocycles. The lowest BCUT2D eigenvalue weighted by Gasteiger charge is -2.13. The molecule has 2 heterocycles. The minimum atomic E-state index is -0.514. The standard InChI is InChI=1S/C20H18N4O2/c1-26-20(25)18-8-7-17(22-23-18)13-6-9-19-16(10-13)14(11-21)12-24(19)15-4-2-3-5-15/h6-10,12,15H,2-5H2,1H3. The molecule has 1 aliphatic rings. The first kappa shape index (κ1) is 16.3. The minimum absolute atomic E-state index is 0.169. The number of methoxy groups -OCH3 is 1. The summed E-state index contributed by atoms with van der Waals surface area (Å²) in [6, 6.07) is 12.1. The average molecular weight is 346 g/mol. The van der Waals surface area contributed by atoms with E-state index >= 15 is 0 Å². The van der Waals surface area contributed by atoms with Crippen LogP contribution in [0.1, 0.15) is 47.8 Å². The second kappa shape index (κ2) is 6.60. The Hall–Kier alpha value is -3.20. The highest BCUT2D eigenvalue weighted by Gasteiger charge is 2.20. The first-order valence-corrected chi connectivity index (χ1v) is 8.68. The molecule has 2 aromatic heterocycles. The third-order valence-electron chi connectivity index (χ3n) is 5.03. The topological polar surface area (TPSA) is 80.8 Å². The van der Waals surface area contributed by atoms with Crippen LogP contribution in [0.5, 0.6) is 0 Å². The molecule has 6 heteroatoms. The zero-order chi connectivity index (χ0) is 18.1. The Morgan fingerprint density at radius 3 is 2.69 bits per heavy atom. The lowest BCUT2D eigenvalue weighted by atomic mass is 10.1. The van der Waals surface area contributed by atoms with Crippen molar-refractivity contribution in [1.29, 1.82) is 5.26 Å². The van der Waals surface area contributed by atoms with Crippen LogP contribution in [0.25, 0.3) is 22.2 Å². The molecule has 3 aromatic rings. The Kier molecular flexibility index (Phi) is 4.13. The summed E-state index contributed by atoms with van der Waals surface area (Å²) in [4.78, 5) is 11.5. The van der Waals surface area contributed by atoms with Gasteiger partial charge in [-0.15, -0.1) is 10.2 Å². The number of rotatable bonds is 3. The van der Waals surface area contributed by atoms with Crippen LogP contribution >= 0.6 is 0 Å². The van der Waals surface area contributed by atoms with Gasteiger partial charge in [0, 0.05) is 28.7 Å². The monoisotopic (exact) mass is 346 g/mol. The molecule has 6 nitrogen and oxygen atoms in total. The number of esters is 1. The smallest absolute Gasteiger partial charge is 0.358 e. The van der Waals surface area contributed by atoms with Crippen LogP contribution in [0.3, 0.4) is 0 Å². The average Bonchev–Trinajstić information content (AvgIpc) is 3.34.